The molecule has 1 amide bonds. The number of benzene rings is 2. The third kappa shape index (κ3) is 4.92. The van der Waals surface area contributed by atoms with Gasteiger partial charge in [0.05, 0.1) is 11.3 Å². The van der Waals surface area contributed by atoms with E-state index in [-0.39, 0.29) is 17.7 Å². The third-order valence-corrected chi connectivity index (χ3v) is 4.16. The zero-order valence-corrected chi connectivity index (χ0v) is 14.2. The average Bonchev–Trinajstić information content (AvgIpc) is 2.64. The van der Waals surface area contributed by atoms with Crippen LogP contribution < -0.4 is 20.7 Å². The molecule has 1 heterocycles. The van der Waals surface area contributed by atoms with Crippen LogP contribution in [0.4, 0.5) is 20.2 Å². The number of ether oxygens (including phenoxy) is 1. The average molecular weight is 361 g/mol. The number of amides is 1. The largest absolute Gasteiger partial charge is 0.435 e. The second-order valence-electron chi connectivity index (χ2n) is 6.09. The van der Waals surface area contributed by atoms with E-state index in [1.54, 1.807) is 30.3 Å². The number of rotatable bonds is 6. The molecule has 5 nitrogen and oxygen atoms in total. The molecule has 7 heteroatoms. The maximum absolute atomic E-state index is 12.6. The summed E-state index contributed by atoms with van der Waals surface area (Å²) in [6.07, 6.45) is 2.00. The standard InChI is InChI=1S/C19H21F2N3O2/c20-19(21)26-15-9-7-13(8-10-15)23-17-6-2-1-5-16(17)18(25)24-14-4-3-11-22-12-14/h1-2,5-10,14,19,22-23H,3-4,11-12H2,(H,24,25). The first-order valence-electron chi connectivity index (χ1n) is 8.54. The van der Waals surface area contributed by atoms with Crippen LogP contribution in [-0.4, -0.2) is 31.7 Å². The molecule has 3 N–H and O–H groups in total. The number of para-hydroxylation sites is 1. The molecule has 0 saturated carbocycles. The van der Waals surface area contributed by atoms with Crippen molar-refractivity contribution in [2.24, 2.45) is 0 Å². The molecule has 3 rings (SSSR count). The van der Waals surface area contributed by atoms with E-state index in [0.717, 1.165) is 25.9 Å². The van der Waals surface area contributed by atoms with Gasteiger partial charge in [0.25, 0.3) is 5.91 Å². The van der Waals surface area contributed by atoms with Crippen LogP contribution in [0.15, 0.2) is 48.5 Å². The minimum absolute atomic E-state index is 0.0846. The molecule has 0 aliphatic carbocycles. The Morgan fingerprint density at radius 1 is 1.15 bits per heavy atom. The smallest absolute Gasteiger partial charge is 0.387 e. The molecule has 0 bridgehead atoms. The predicted octanol–water partition coefficient (Wildman–Crippen LogP) is 3.51. The molecular formula is C19H21F2N3O2. The number of hydrogen-bond donors (Lipinski definition) is 3. The minimum atomic E-state index is -2.85. The molecule has 138 valence electrons. The summed E-state index contributed by atoms with van der Waals surface area (Å²) in [5.74, 6) is -0.0548. The van der Waals surface area contributed by atoms with Crippen molar-refractivity contribution >= 4 is 17.3 Å². The monoisotopic (exact) mass is 361 g/mol. The molecule has 0 spiro atoms. The number of halogens is 2. The van der Waals surface area contributed by atoms with Crippen molar-refractivity contribution in [1.82, 2.24) is 10.6 Å². The molecular weight excluding hydrogens is 340 g/mol. The van der Waals surface area contributed by atoms with E-state index >= 15 is 0 Å². The fourth-order valence-electron chi connectivity index (χ4n) is 2.90. The van der Waals surface area contributed by atoms with E-state index in [4.69, 9.17) is 0 Å². The molecule has 0 radical (unpaired) electrons. The number of nitrogens with one attached hydrogen (secondary N) is 3. The van der Waals surface area contributed by atoms with E-state index < -0.39 is 6.61 Å². The molecule has 2 aromatic rings. The van der Waals surface area contributed by atoms with Crippen LogP contribution in [0.5, 0.6) is 5.75 Å². The fraction of sp³-hybridized carbons (Fsp3) is 0.316. The summed E-state index contributed by atoms with van der Waals surface area (Å²) < 4.78 is 28.8. The van der Waals surface area contributed by atoms with Crippen LogP contribution in [0, 0.1) is 0 Å². The topological polar surface area (TPSA) is 62.4 Å². The first kappa shape index (κ1) is 18.1. The van der Waals surface area contributed by atoms with Crippen molar-refractivity contribution in [2.75, 3.05) is 18.4 Å². The number of carbonyl (C=O) groups excluding carboxylic acids is 1. The van der Waals surface area contributed by atoms with Gasteiger partial charge < -0.3 is 20.7 Å². The Balaban J connectivity index is 1.69. The molecule has 2 aromatic carbocycles. The highest BCUT2D eigenvalue weighted by Crippen LogP contribution is 2.24. The molecule has 1 fully saturated rings. The van der Waals surface area contributed by atoms with Gasteiger partial charge in [-0.15, -0.1) is 0 Å². The lowest BCUT2D eigenvalue weighted by molar-refractivity contribution is -0.0498. The zero-order chi connectivity index (χ0) is 18.4. The van der Waals surface area contributed by atoms with Gasteiger partial charge in [0.1, 0.15) is 5.75 Å². The molecule has 1 aliphatic heterocycles. The highest BCUT2D eigenvalue weighted by molar-refractivity contribution is 6.00. The molecule has 1 atom stereocenters. The summed E-state index contributed by atoms with van der Waals surface area (Å²) in [6.45, 7) is -1.10. The van der Waals surface area contributed by atoms with Gasteiger partial charge in [-0.2, -0.15) is 8.78 Å². The van der Waals surface area contributed by atoms with Gasteiger partial charge in [-0.05, 0) is 55.8 Å². The van der Waals surface area contributed by atoms with Gasteiger partial charge in [-0.25, -0.2) is 0 Å². The van der Waals surface area contributed by atoms with Crippen molar-refractivity contribution < 1.29 is 18.3 Å². The summed E-state index contributed by atoms with van der Waals surface area (Å²) in [6, 6.07) is 13.5. The van der Waals surface area contributed by atoms with Crippen molar-refractivity contribution in [3.05, 3.63) is 54.1 Å². The van der Waals surface area contributed by atoms with Crippen LogP contribution in [0.3, 0.4) is 0 Å². The van der Waals surface area contributed by atoms with E-state index in [0.29, 0.717) is 16.9 Å². The summed E-state index contributed by atoms with van der Waals surface area (Å²) >= 11 is 0. The Morgan fingerprint density at radius 3 is 2.62 bits per heavy atom. The first-order chi connectivity index (χ1) is 12.6. The van der Waals surface area contributed by atoms with Crippen molar-refractivity contribution in [3.8, 4) is 5.75 Å². The SMILES string of the molecule is O=C(NC1CCCNC1)c1ccccc1Nc1ccc(OC(F)F)cc1. The second kappa shape index (κ2) is 8.62. The lowest BCUT2D eigenvalue weighted by atomic mass is 10.1. The number of carbonyl (C=O) groups is 1. The van der Waals surface area contributed by atoms with Crippen molar-refractivity contribution in [2.45, 2.75) is 25.5 Å². The second-order valence-corrected chi connectivity index (χ2v) is 6.09. The number of anilines is 2. The molecule has 1 saturated heterocycles. The highest BCUT2D eigenvalue weighted by Gasteiger charge is 2.18. The third-order valence-electron chi connectivity index (χ3n) is 4.16. The normalized spacial score (nSPS) is 17.0. The van der Waals surface area contributed by atoms with E-state index in [1.165, 1.54) is 12.1 Å². The van der Waals surface area contributed by atoms with Gasteiger partial charge >= 0.3 is 6.61 Å². The molecule has 0 aromatic heterocycles. The van der Waals surface area contributed by atoms with Gasteiger partial charge in [-0.1, -0.05) is 12.1 Å². The lowest BCUT2D eigenvalue weighted by Gasteiger charge is -2.24. The quantitative estimate of drug-likeness (QED) is 0.737. The zero-order valence-electron chi connectivity index (χ0n) is 14.2. The maximum Gasteiger partial charge on any atom is 0.387 e. The van der Waals surface area contributed by atoms with Crippen LogP contribution >= 0.6 is 0 Å². The van der Waals surface area contributed by atoms with Crippen molar-refractivity contribution in [1.29, 1.82) is 0 Å². The Hall–Kier alpha value is -2.67. The van der Waals surface area contributed by atoms with Crippen LogP contribution in [0.25, 0.3) is 0 Å². The summed E-state index contributed by atoms with van der Waals surface area (Å²) in [7, 11) is 0. The summed E-state index contributed by atoms with van der Waals surface area (Å²) in [5.41, 5.74) is 1.86. The van der Waals surface area contributed by atoms with Gasteiger partial charge in [-0.3, -0.25) is 4.79 Å². The Bertz CT molecular complexity index is 732. The predicted molar refractivity (Wildman–Crippen MR) is 96.2 cm³/mol. The van der Waals surface area contributed by atoms with Crippen LogP contribution in [0.2, 0.25) is 0 Å². The van der Waals surface area contributed by atoms with E-state index in [1.807, 2.05) is 6.07 Å². The fourth-order valence-corrected chi connectivity index (χ4v) is 2.90. The molecule has 1 aliphatic rings. The van der Waals surface area contributed by atoms with E-state index in [2.05, 4.69) is 20.7 Å². The number of hydrogen-bond acceptors (Lipinski definition) is 4. The number of piperidine rings is 1. The highest BCUT2D eigenvalue weighted by atomic mass is 19.3. The molecule has 26 heavy (non-hydrogen) atoms. The van der Waals surface area contributed by atoms with Crippen molar-refractivity contribution in [3.63, 3.8) is 0 Å². The first-order valence-corrected chi connectivity index (χ1v) is 8.54. The Kier molecular flexibility index (Phi) is 6.01. The van der Waals surface area contributed by atoms with Crippen LogP contribution in [-0.2, 0) is 0 Å². The Labute approximate surface area is 150 Å². The molecule has 1 unspecified atom stereocenters. The Morgan fingerprint density at radius 2 is 1.92 bits per heavy atom. The van der Waals surface area contributed by atoms with Gasteiger partial charge in [0.2, 0.25) is 0 Å². The number of alkyl halides is 2. The van der Waals surface area contributed by atoms with Crippen LogP contribution in [0.1, 0.15) is 23.2 Å². The lowest BCUT2D eigenvalue weighted by Crippen LogP contribution is -2.45. The van der Waals surface area contributed by atoms with E-state index in [9.17, 15) is 13.6 Å². The summed E-state index contributed by atoms with van der Waals surface area (Å²) in [4.78, 5) is 12.6. The summed E-state index contributed by atoms with van der Waals surface area (Å²) in [5, 5.41) is 9.47. The van der Waals surface area contributed by atoms with Gasteiger partial charge in [0.15, 0.2) is 0 Å². The minimum Gasteiger partial charge on any atom is -0.435 e. The maximum atomic E-state index is 12.6. The van der Waals surface area contributed by atoms with Gasteiger partial charge in [0, 0.05) is 18.3 Å².